The highest BCUT2D eigenvalue weighted by Crippen LogP contribution is 2.41. The molecule has 1 fully saturated rings. The van der Waals surface area contributed by atoms with Crippen LogP contribution in [0.2, 0.25) is 0 Å². The number of halogens is 2. The molecule has 2 atom stereocenters. The second-order valence-corrected chi connectivity index (χ2v) is 7.21. The third-order valence-electron chi connectivity index (χ3n) is 3.52. The highest BCUT2D eigenvalue weighted by Gasteiger charge is 2.53. The van der Waals surface area contributed by atoms with Crippen molar-refractivity contribution in [3.63, 3.8) is 0 Å². The minimum Gasteiger partial charge on any atom is -0.477 e. The van der Waals surface area contributed by atoms with Crippen molar-refractivity contribution >= 4 is 62.8 Å². The average molecular weight is 456 g/mol. The summed E-state index contributed by atoms with van der Waals surface area (Å²) in [5, 5.41) is 9.63. The quantitative estimate of drug-likeness (QED) is 0.379. The number of hydrogen-bond donors (Lipinski definition) is 1. The summed E-state index contributed by atoms with van der Waals surface area (Å²) >= 11 is 4.87. The maximum atomic E-state index is 12.2. The second kappa shape index (κ2) is 8.49. The molecule has 0 radical (unpaired) electrons. The summed E-state index contributed by atoms with van der Waals surface area (Å²) in [6.45, 7) is 4.29. The first kappa shape index (κ1) is 19.7. The summed E-state index contributed by atoms with van der Waals surface area (Å²) < 4.78 is 0. The van der Waals surface area contributed by atoms with Gasteiger partial charge in [-0.1, -0.05) is 29.8 Å². The van der Waals surface area contributed by atoms with Gasteiger partial charge in [-0.2, -0.15) is 0 Å². The van der Waals surface area contributed by atoms with E-state index in [1.807, 2.05) is 6.21 Å². The minimum atomic E-state index is -1.04. The van der Waals surface area contributed by atoms with Crippen LogP contribution < -0.4 is 0 Å². The summed E-state index contributed by atoms with van der Waals surface area (Å²) in [6, 6.07) is -0.423. The molecule has 1 N–H and O–H groups in total. The maximum absolute atomic E-state index is 12.2. The van der Waals surface area contributed by atoms with Crippen molar-refractivity contribution in [3.05, 3.63) is 11.3 Å². The Hall–Kier alpha value is -0.340. The molecule has 0 spiro atoms. The molecule has 1 saturated heterocycles. The van der Waals surface area contributed by atoms with E-state index in [1.165, 1.54) is 4.90 Å². The van der Waals surface area contributed by atoms with Gasteiger partial charge in [0, 0.05) is 11.1 Å². The molecule has 2 aliphatic rings. The molecule has 0 saturated carbocycles. The predicted molar refractivity (Wildman–Crippen MR) is 98.2 cm³/mol. The number of fused-ring (bicyclic) bond motifs is 1. The lowest BCUT2D eigenvalue weighted by atomic mass is 10.0. The van der Waals surface area contributed by atoms with Crippen molar-refractivity contribution in [1.82, 2.24) is 4.90 Å². The van der Waals surface area contributed by atoms with E-state index in [2.05, 4.69) is 34.8 Å². The summed E-state index contributed by atoms with van der Waals surface area (Å²) in [7, 11) is 0. The van der Waals surface area contributed by atoms with Gasteiger partial charge >= 0.3 is 5.97 Å². The van der Waals surface area contributed by atoms with Gasteiger partial charge in [-0.15, -0.1) is 28.7 Å². The Bertz CT molecular complexity index is 508. The van der Waals surface area contributed by atoms with Crippen LogP contribution in [-0.4, -0.2) is 50.6 Å². The fraction of sp³-hybridized carbons (Fsp3) is 0.643. The van der Waals surface area contributed by atoms with Crippen LogP contribution in [0.25, 0.3) is 0 Å². The predicted octanol–water partition coefficient (Wildman–Crippen LogP) is 3.09. The number of aliphatic carboxylic acids is 1. The fourth-order valence-electron chi connectivity index (χ4n) is 2.37. The SMILES string of the molecule is Br.CC(C)CCC=N[C@@H]1C(=O)N2C(C(=O)O)=C(CBr)CS[C@@H]12. The largest absolute Gasteiger partial charge is 0.477 e. The normalized spacial score (nSPS) is 24.4. The molecule has 2 rings (SSSR count). The van der Waals surface area contributed by atoms with Crippen LogP contribution in [0.15, 0.2) is 16.3 Å². The van der Waals surface area contributed by atoms with E-state index in [0.717, 1.165) is 18.4 Å². The van der Waals surface area contributed by atoms with Gasteiger partial charge in [-0.25, -0.2) is 4.79 Å². The lowest BCUT2D eigenvalue weighted by Gasteiger charge is -2.47. The zero-order valence-electron chi connectivity index (χ0n) is 12.5. The highest BCUT2D eigenvalue weighted by atomic mass is 79.9. The zero-order valence-corrected chi connectivity index (χ0v) is 16.6. The van der Waals surface area contributed by atoms with Gasteiger partial charge in [0.2, 0.25) is 0 Å². The summed E-state index contributed by atoms with van der Waals surface area (Å²) in [5.41, 5.74) is 0.883. The molecular formula is C14H20Br2N2O3S. The zero-order chi connectivity index (χ0) is 15.6. The number of carbonyl (C=O) groups excluding carboxylic acids is 1. The van der Waals surface area contributed by atoms with Crippen molar-refractivity contribution in [2.75, 3.05) is 11.1 Å². The second-order valence-electron chi connectivity index (χ2n) is 5.55. The van der Waals surface area contributed by atoms with Crippen molar-refractivity contribution < 1.29 is 14.7 Å². The molecular weight excluding hydrogens is 436 g/mol. The summed E-state index contributed by atoms with van der Waals surface area (Å²) in [5.74, 6) is -0.00869. The van der Waals surface area contributed by atoms with E-state index >= 15 is 0 Å². The van der Waals surface area contributed by atoms with Crippen molar-refractivity contribution in [1.29, 1.82) is 0 Å². The minimum absolute atomic E-state index is 0. The van der Waals surface area contributed by atoms with Crippen LogP contribution in [-0.2, 0) is 9.59 Å². The average Bonchev–Trinajstić information content (AvgIpc) is 2.44. The Morgan fingerprint density at radius 3 is 2.82 bits per heavy atom. The number of carboxylic acid groups (broad SMARTS) is 1. The maximum Gasteiger partial charge on any atom is 0.352 e. The molecule has 2 heterocycles. The number of β-lactam (4-membered cyclic amide) rings is 1. The Kier molecular flexibility index (Phi) is 7.61. The number of amides is 1. The number of thioether (sulfide) groups is 1. The molecule has 1 amide bonds. The number of aliphatic imine (C=N–C) groups is 1. The van der Waals surface area contributed by atoms with E-state index in [1.54, 1.807) is 11.8 Å². The molecule has 5 nitrogen and oxygen atoms in total. The molecule has 0 aromatic carbocycles. The van der Waals surface area contributed by atoms with Crippen LogP contribution in [0, 0.1) is 5.92 Å². The van der Waals surface area contributed by atoms with E-state index in [0.29, 0.717) is 17.0 Å². The third-order valence-corrected chi connectivity index (χ3v) is 5.52. The number of carbonyl (C=O) groups is 2. The molecule has 124 valence electrons. The lowest BCUT2D eigenvalue weighted by molar-refractivity contribution is -0.147. The van der Waals surface area contributed by atoms with Crippen molar-refractivity contribution in [2.45, 2.75) is 38.1 Å². The molecule has 8 heteroatoms. The fourth-order valence-corrected chi connectivity index (χ4v) is 4.43. The summed E-state index contributed by atoms with van der Waals surface area (Å²) in [6.07, 6.45) is 3.71. The Morgan fingerprint density at radius 1 is 1.59 bits per heavy atom. The Labute approximate surface area is 153 Å². The molecule has 22 heavy (non-hydrogen) atoms. The number of carboxylic acids is 1. The standard InChI is InChI=1S/C14H19BrN2O3S.BrH/c1-8(2)4-3-5-16-10-12(18)17-11(14(19)20)9(6-15)7-21-13(10)17;/h5,8,10,13H,3-4,6-7H2,1-2H3,(H,19,20);1H/t10-,13+;/m1./s1. The molecule has 2 aliphatic heterocycles. The number of rotatable bonds is 6. The summed E-state index contributed by atoms with van der Waals surface area (Å²) in [4.78, 5) is 29.3. The van der Waals surface area contributed by atoms with Crippen LogP contribution >= 0.6 is 44.7 Å². The molecule has 0 aromatic rings. The highest BCUT2D eigenvalue weighted by molar-refractivity contribution is 9.09. The molecule has 0 aliphatic carbocycles. The van der Waals surface area contributed by atoms with Gasteiger partial charge in [0.1, 0.15) is 11.1 Å². The topological polar surface area (TPSA) is 70.0 Å². The number of alkyl halides is 1. The van der Waals surface area contributed by atoms with Gasteiger partial charge in [-0.3, -0.25) is 14.7 Å². The van der Waals surface area contributed by atoms with E-state index in [-0.39, 0.29) is 34.0 Å². The van der Waals surface area contributed by atoms with Gasteiger partial charge in [0.25, 0.3) is 5.91 Å². The first-order valence-electron chi connectivity index (χ1n) is 6.95. The van der Waals surface area contributed by atoms with E-state index < -0.39 is 12.0 Å². The van der Waals surface area contributed by atoms with Crippen LogP contribution in [0.3, 0.4) is 0 Å². The van der Waals surface area contributed by atoms with Crippen LogP contribution in [0.5, 0.6) is 0 Å². The monoisotopic (exact) mass is 454 g/mol. The molecule has 0 aromatic heterocycles. The van der Waals surface area contributed by atoms with Gasteiger partial charge in [-0.05, 0) is 30.5 Å². The first-order valence-corrected chi connectivity index (χ1v) is 9.12. The van der Waals surface area contributed by atoms with Crippen LogP contribution in [0.4, 0.5) is 0 Å². The third kappa shape index (κ3) is 3.94. The van der Waals surface area contributed by atoms with E-state index in [9.17, 15) is 14.7 Å². The van der Waals surface area contributed by atoms with Gasteiger partial charge < -0.3 is 5.11 Å². The van der Waals surface area contributed by atoms with Crippen molar-refractivity contribution in [2.24, 2.45) is 10.9 Å². The molecule has 0 unspecified atom stereocenters. The van der Waals surface area contributed by atoms with E-state index in [4.69, 9.17) is 0 Å². The Balaban J connectivity index is 0.00000242. The van der Waals surface area contributed by atoms with Crippen LogP contribution in [0.1, 0.15) is 26.7 Å². The smallest absolute Gasteiger partial charge is 0.352 e. The number of hydrogen-bond acceptors (Lipinski definition) is 4. The number of nitrogens with zero attached hydrogens (tertiary/aromatic N) is 2. The Morgan fingerprint density at radius 2 is 2.27 bits per heavy atom. The first-order chi connectivity index (χ1) is 9.97. The van der Waals surface area contributed by atoms with Gasteiger partial charge in [0.15, 0.2) is 6.04 Å². The van der Waals surface area contributed by atoms with Gasteiger partial charge in [0.05, 0.1) is 0 Å². The van der Waals surface area contributed by atoms with Crippen molar-refractivity contribution in [3.8, 4) is 0 Å². The lowest BCUT2D eigenvalue weighted by Crippen LogP contribution is -2.64. The molecule has 0 bridgehead atoms.